The number of piperazine rings is 1. The van der Waals surface area contributed by atoms with Gasteiger partial charge in [0.2, 0.25) is 5.89 Å². The molecule has 1 aromatic carbocycles. The third kappa shape index (κ3) is 3.86. The number of ether oxygens (including phenoxy) is 1. The van der Waals surface area contributed by atoms with Crippen LogP contribution in [0.15, 0.2) is 46.2 Å². The minimum Gasteiger partial charge on any atom is -0.448 e. The molecule has 2 aromatic heterocycles. The van der Waals surface area contributed by atoms with Gasteiger partial charge in [-0.3, -0.25) is 14.3 Å². The van der Waals surface area contributed by atoms with Crippen molar-refractivity contribution in [1.29, 1.82) is 0 Å². The van der Waals surface area contributed by atoms with Gasteiger partial charge in [0.1, 0.15) is 6.26 Å². The fourth-order valence-electron chi connectivity index (χ4n) is 3.38. The van der Waals surface area contributed by atoms with E-state index >= 15 is 0 Å². The molecule has 0 atom stereocenters. The Morgan fingerprint density at radius 1 is 1.19 bits per heavy atom. The van der Waals surface area contributed by atoms with E-state index in [1.54, 1.807) is 30.5 Å². The molecule has 3 heterocycles. The second-order valence-electron chi connectivity index (χ2n) is 6.63. The van der Waals surface area contributed by atoms with E-state index in [0.29, 0.717) is 18.5 Å². The Morgan fingerprint density at radius 3 is 2.78 bits per heavy atom. The molecule has 27 heavy (non-hydrogen) atoms. The summed E-state index contributed by atoms with van der Waals surface area (Å²) < 4.78 is 12.0. The van der Waals surface area contributed by atoms with Crippen LogP contribution in [0, 0.1) is 0 Å². The first-order valence-corrected chi connectivity index (χ1v) is 9.08. The van der Waals surface area contributed by atoms with Gasteiger partial charge in [-0.05, 0) is 18.2 Å². The zero-order valence-electron chi connectivity index (χ0n) is 15.4. The Bertz CT molecular complexity index is 946. The Balaban J connectivity index is 1.46. The normalized spacial score (nSPS) is 15.5. The number of benzene rings is 1. The molecule has 0 N–H and O–H groups in total. The lowest BCUT2D eigenvalue weighted by Gasteiger charge is -2.35. The molecule has 142 valence electrons. The second-order valence-corrected chi connectivity index (χ2v) is 6.63. The Labute approximate surface area is 157 Å². The number of nitrogens with zero attached hydrogens (tertiary/aromatic N) is 5. The summed E-state index contributed by atoms with van der Waals surface area (Å²) in [6.45, 7) is 5.43. The van der Waals surface area contributed by atoms with Crippen molar-refractivity contribution in [3.8, 4) is 0 Å². The number of hydrogen-bond acceptors (Lipinski definition) is 7. The van der Waals surface area contributed by atoms with Crippen molar-refractivity contribution in [1.82, 2.24) is 19.4 Å². The summed E-state index contributed by atoms with van der Waals surface area (Å²) in [5.74, 6) is 0.753. The first-order valence-electron chi connectivity index (χ1n) is 9.08. The molecule has 0 saturated carbocycles. The first-order chi connectivity index (χ1) is 13.2. The van der Waals surface area contributed by atoms with E-state index in [0.717, 1.165) is 49.8 Å². The monoisotopic (exact) mass is 369 g/mol. The topological polar surface area (TPSA) is 76.6 Å². The van der Waals surface area contributed by atoms with Crippen LogP contribution in [0.25, 0.3) is 10.9 Å². The molecule has 0 radical (unpaired) electrons. The molecule has 1 fully saturated rings. The van der Waals surface area contributed by atoms with Gasteiger partial charge in [0, 0.05) is 39.0 Å². The zero-order chi connectivity index (χ0) is 18.6. The van der Waals surface area contributed by atoms with Crippen LogP contribution in [0.1, 0.15) is 5.89 Å². The van der Waals surface area contributed by atoms with E-state index < -0.39 is 0 Å². The fourth-order valence-corrected chi connectivity index (χ4v) is 3.38. The number of oxazole rings is 1. The fraction of sp³-hybridized carbons (Fsp3) is 0.421. The summed E-state index contributed by atoms with van der Waals surface area (Å²) >= 11 is 0. The predicted molar refractivity (Wildman–Crippen MR) is 102 cm³/mol. The lowest BCUT2D eigenvalue weighted by Crippen LogP contribution is -2.46. The molecule has 0 spiro atoms. The number of aromatic nitrogens is 3. The van der Waals surface area contributed by atoms with Crippen LogP contribution >= 0.6 is 0 Å². The van der Waals surface area contributed by atoms with Crippen molar-refractivity contribution in [2.75, 3.05) is 44.8 Å². The average molecular weight is 369 g/mol. The molecule has 1 aliphatic heterocycles. The number of methoxy groups -OCH3 is 1. The van der Waals surface area contributed by atoms with E-state index in [9.17, 15) is 4.79 Å². The lowest BCUT2D eigenvalue weighted by molar-refractivity contribution is 0.186. The van der Waals surface area contributed by atoms with E-state index in [1.165, 1.54) is 0 Å². The highest BCUT2D eigenvalue weighted by molar-refractivity contribution is 5.81. The molecular formula is C19H23N5O3. The van der Waals surface area contributed by atoms with Gasteiger partial charge < -0.3 is 14.1 Å². The molecule has 1 saturated heterocycles. The second kappa shape index (κ2) is 7.89. The van der Waals surface area contributed by atoms with Crippen LogP contribution in [0.3, 0.4) is 0 Å². The van der Waals surface area contributed by atoms with Crippen molar-refractivity contribution in [2.45, 2.75) is 13.1 Å². The molecule has 1 aliphatic rings. The molecule has 8 nitrogen and oxygen atoms in total. The summed E-state index contributed by atoms with van der Waals surface area (Å²) in [4.78, 5) is 25.9. The minimum absolute atomic E-state index is 0.0284. The number of fused-ring (bicyclic) bond motifs is 1. The highest BCUT2D eigenvalue weighted by atomic mass is 16.5. The maximum atomic E-state index is 12.5. The number of hydrogen-bond donors (Lipinski definition) is 0. The van der Waals surface area contributed by atoms with Crippen molar-refractivity contribution >= 4 is 16.6 Å². The third-order valence-corrected chi connectivity index (χ3v) is 4.92. The van der Waals surface area contributed by atoms with Crippen molar-refractivity contribution in [3.63, 3.8) is 0 Å². The third-order valence-electron chi connectivity index (χ3n) is 4.92. The summed E-state index contributed by atoms with van der Waals surface area (Å²) in [6.07, 6.45) is 4.88. The predicted octanol–water partition coefficient (Wildman–Crippen LogP) is 1.35. The van der Waals surface area contributed by atoms with Gasteiger partial charge >= 0.3 is 0 Å². The average Bonchev–Trinajstić information content (AvgIpc) is 3.21. The minimum atomic E-state index is -0.0284. The Kier molecular flexibility index (Phi) is 5.17. The van der Waals surface area contributed by atoms with Crippen LogP contribution in [0.4, 0.5) is 5.69 Å². The first kappa shape index (κ1) is 17.7. The van der Waals surface area contributed by atoms with E-state index in [-0.39, 0.29) is 5.56 Å². The zero-order valence-corrected chi connectivity index (χ0v) is 15.4. The van der Waals surface area contributed by atoms with E-state index in [1.807, 2.05) is 18.2 Å². The van der Waals surface area contributed by atoms with E-state index in [4.69, 9.17) is 9.15 Å². The van der Waals surface area contributed by atoms with Gasteiger partial charge in [0.05, 0.1) is 43.1 Å². The maximum absolute atomic E-state index is 12.5. The summed E-state index contributed by atoms with van der Waals surface area (Å²) in [5, 5.41) is 0.639. The largest absolute Gasteiger partial charge is 0.448 e. The van der Waals surface area contributed by atoms with Crippen LogP contribution in [0.5, 0.6) is 0 Å². The molecule has 4 rings (SSSR count). The van der Waals surface area contributed by atoms with Crippen molar-refractivity contribution < 1.29 is 9.15 Å². The van der Waals surface area contributed by atoms with Gasteiger partial charge in [-0.2, -0.15) is 0 Å². The van der Waals surface area contributed by atoms with Crippen molar-refractivity contribution in [2.24, 2.45) is 0 Å². The molecule has 0 amide bonds. The molecule has 8 heteroatoms. The standard InChI is InChI=1S/C19H23N5O3/c1-26-11-9-24-14-21-17-12-15(2-3-16(17)19(24)25)23-7-5-22(6-8-23)13-18-20-4-10-27-18/h2-4,10,12,14H,5-9,11,13H2,1H3. The molecule has 3 aromatic rings. The van der Waals surface area contributed by atoms with Crippen LogP contribution in [-0.4, -0.2) is 59.3 Å². The van der Waals surface area contributed by atoms with Gasteiger partial charge in [0.25, 0.3) is 5.56 Å². The highest BCUT2D eigenvalue weighted by Crippen LogP contribution is 2.21. The molecule has 0 aliphatic carbocycles. The summed E-state index contributed by atoms with van der Waals surface area (Å²) in [5.41, 5.74) is 1.80. The van der Waals surface area contributed by atoms with Crippen molar-refractivity contribution in [3.05, 3.63) is 53.2 Å². The Hall–Kier alpha value is -2.71. The lowest BCUT2D eigenvalue weighted by atomic mass is 10.2. The van der Waals surface area contributed by atoms with Crippen LogP contribution in [0.2, 0.25) is 0 Å². The van der Waals surface area contributed by atoms with Crippen LogP contribution in [-0.2, 0) is 17.8 Å². The van der Waals surface area contributed by atoms with Gasteiger partial charge in [-0.15, -0.1) is 0 Å². The van der Waals surface area contributed by atoms with E-state index in [2.05, 4.69) is 19.8 Å². The van der Waals surface area contributed by atoms with Gasteiger partial charge in [0.15, 0.2) is 0 Å². The number of anilines is 1. The highest BCUT2D eigenvalue weighted by Gasteiger charge is 2.19. The van der Waals surface area contributed by atoms with Gasteiger partial charge in [-0.25, -0.2) is 9.97 Å². The Morgan fingerprint density at radius 2 is 2.04 bits per heavy atom. The van der Waals surface area contributed by atoms with Gasteiger partial charge in [-0.1, -0.05) is 0 Å². The molecule has 0 unspecified atom stereocenters. The quantitative estimate of drug-likeness (QED) is 0.649. The molecule has 0 bridgehead atoms. The SMILES string of the molecule is COCCn1cnc2cc(N3CCN(Cc4ncco4)CC3)ccc2c1=O. The summed E-state index contributed by atoms with van der Waals surface area (Å²) in [6, 6.07) is 5.89. The maximum Gasteiger partial charge on any atom is 0.261 e. The number of rotatable bonds is 6. The summed E-state index contributed by atoms with van der Waals surface area (Å²) in [7, 11) is 1.62. The smallest absolute Gasteiger partial charge is 0.261 e. The molecular weight excluding hydrogens is 346 g/mol. The van der Waals surface area contributed by atoms with Crippen LogP contribution < -0.4 is 10.5 Å².